The zero-order valence-corrected chi connectivity index (χ0v) is 15.7. The summed E-state index contributed by atoms with van der Waals surface area (Å²) in [5.41, 5.74) is -0.137. The molecule has 26 heavy (non-hydrogen) atoms. The molecule has 3 heterocycles. The van der Waals surface area contributed by atoms with E-state index in [1.807, 2.05) is 6.92 Å². The van der Waals surface area contributed by atoms with Crippen LogP contribution in [0.2, 0.25) is 0 Å². The van der Waals surface area contributed by atoms with Crippen molar-refractivity contribution in [2.24, 2.45) is 0 Å². The Labute approximate surface area is 155 Å². The topological polar surface area (TPSA) is 81.5 Å². The number of hydrogen-bond donors (Lipinski definition) is 0. The number of fused-ring (bicyclic) bond motifs is 1. The molecule has 1 fully saturated rings. The molecule has 8 heteroatoms. The largest absolute Gasteiger partial charge is 0.462 e. The lowest BCUT2D eigenvalue weighted by atomic mass is 10.1. The molecule has 2 aromatic rings. The van der Waals surface area contributed by atoms with Crippen LogP contribution in [0.1, 0.15) is 49.4 Å². The van der Waals surface area contributed by atoms with Crippen LogP contribution in [0.5, 0.6) is 0 Å². The maximum atomic E-state index is 12.8. The molecule has 0 aliphatic carbocycles. The summed E-state index contributed by atoms with van der Waals surface area (Å²) >= 11 is 1.23. The molecule has 0 atom stereocenters. The van der Waals surface area contributed by atoms with E-state index < -0.39 is 5.97 Å². The highest BCUT2D eigenvalue weighted by atomic mass is 32.1. The van der Waals surface area contributed by atoms with Gasteiger partial charge in [0.1, 0.15) is 11.4 Å². The minimum absolute atomic E-state index is 0.0536. The van der Waals surface area contributed by atoms with Crippen LogP contribution in [0.15, 0.2) is 16.5 Å². The standard InChI is InChI=1S/C18H23N3O4S/c1-2-3-9-25-18(24)13-11-26-16-15(13)17(23)21(12-19-16)10-14(22)20-7-5-4-6-8-20/h11-12H,2-10H2,1H3. The molecule has 0 bridgehead atoms. The number of esters is 1. The maximum absolute atomic E-state index is 12.8. The summed E-state index contributed by atoms with van der Waals surface area (Å²) < 4.78 is 6.51. The summed E-state index contributed by atoms with van der Waals surface area (Å²) in [4.78, 5) is 44.0. The van der Waals surface area contributed by atoms with Crippen LogP contribution < -0.4 is 5.56 Å². The molecular weight excluding hydrogens is 354 g/mol. The fourth-order valence-electron chi connectivity index (χ4n) is 3.01. The number of likely N-dealkylation sites (tertiary alicyclic amines) is 1. The normalized spacial score (nSPS) is 14.6. The first kappa shape index (κ1) is 18.6. The lowest BCUT2D eigenvalue weighted by Crippen LogP contribution is -2.39. The Bertz CT molecular complexity index is 852. The molecule has 0 saturated carbocycles. The maximum Gasteiger partial charge on any atom is 0.339 e. The van der Waals surface area contributed by atoms with Crippen molar-refractivity contribution in [1.29, 1.82) is 0 Å². The second kappa shape index (κ2) is 8.44. The Morgan fingerprint density at radius 2 is 2.04 bits per heavy atom. The molecule has 3 rings (SSSR count). The van der Waals surface area contributed by atoms with E-state index in [9.17, 15) is 14.4 Å². The first-order chi connectivity index (χ1) is 12.6. The number of carbonyl (C=O) groups excluding carboxylic acids is 2. The van der Waals surface area contributed by atoms with Crippen LogP contribution in [0.25, 0.3) is 10.2 Å². The number of carbonyl (C=O) groups is 2. The van der Waals surface area contributed by atoms with Crippen LogP contribution in [0, 0.1) is 0 Å². The number of thiophene rings is 1. The van der Waals surface area contributed by atoms with Gasteiger partial charge in [0.15, 0.2) is 0 Å². The zero-order valence-electron chi connectivity index (χ0n) is 14.9. The molecular formula is C18H23N3O4S. The van der Waals surface area contributed by atoms with Gasteiger partial charge in [0.05, 0.1) is 23.9 Å². The molecule has 0 aromatic carbocycles. The quantitative estimate of drug-likeness (QED) is 0.570. The number of nitrogens with zero attached hydrogens (tertiary/aromatic N) is 3. The van der Waals surface area contributed by atoms with Crippen LogP contribution in [0.3, 0.4) is 0 Å². The van der Waals surface area contributed by atoms with Gasteiger partial charge in [-0.3, -0.25) is 14.2 Å². The van der Waals surface area contributed by atoms with Gasteiger partial charge in [-0.1, -0.05) is 13.3 Å². The molecule has 0 radical (unpaired) electrons. The van der Waals surface area contributed by atoms with Crippen molar-refractivity contribution in [3.63, 3.8) is 0 Å². The highest BCUT2D eigenvalue weighted by Crippen LogP contribution is 2.21. The number of unbranched alkanes of at least 4 members (excludes halogenated alkanes) is 1. The van der Waals surface area contributed by atoms with E-state index in [0.717, 1.165) is 45.2 Å². The SMILES string of the molecule is CCCCOC(=O)c1csc2ncn(CC(=O)N3CCCCC3)c(=O)c12. The van der Waals surface area contributed by atoms with E-state index in [1.54, 1.807) is 10.3 Å². The summed E-state index contributed by atoms with van der Waals surface area (Å²) in [6.07, 6.45) is 6.21. The van der Waals surface area contributed by atoms with Crippen molar-refractivity contribution < 1.29 is 14.3 Å². The summed E-state index contributed by atoms with van der Waals surface area (Å²) in [6, 6.07) is 0. The number of amides is 1. The second-order valence-electron chi connectivity index (χ2n) is 6.44. The fourth-order valence-corrected chi connectivity index (χ4v) is 3.87. The molecule has 140 valence electrons. The van der Waals surface area contributed by atoms with Gasteiger partial charge in [-0.2, -0.15) is 0 Å². The third-order valence-corrected chi connectivity index (χ3v) is 5.41. The highest BCUT2D eigenvalue weighted by molar-refractivity contribution is 7.17. The fraction of sp³-hybridized carbons (Fsp3) is 0.556. The van der Waals surface area contributed by atoms with Crippen molar-refractivity contribution in [1.82, 2.24) is 14.5 Å². The predicted molar refractivity (Wildman–Crippen MR) is 99.5 cm³/mol. The molecule has 1 amide bonds. The van der Waals surface area contributed by atoms with Gasteiger partial charge >= 0.3 is 5.97 Å². The second-order valence-corrected chi connectivity index (χ2v) is 7.30. The third-order valence-electron chi connectivity index (χ3n) is 4.53. The summed E-state index contributed by atoms with van der Waals surface area (Å²) in [5.74, 6) is -0.598. The van der Waals surface area contributed by atoms with Gasteiger partial charge in [0.2, 0.25) is 5.91 Å². The van der Waals surface area contributed by atoms with Crippen LogP contribution >= 0.6 is 11.3 Å². The number of piperidine rings is 1. The van der Waals surface area contributed by atoms with E-state index in [-0.39, 0.29) is 29.0 Å². The third kappa shape index (κ3) is 3.95. The zero-order chi connectivity index (χ0) is 18.5. The summed E-state index contributed by atoms with van der Waals surface area (Å²) in [5, 5.41) is 1.84. The monoisotopic (exact) mass is 377 g/mol. The number of hydrogen-bond acceptors (Lipinski definition) is 6. The molecule has 0 unspecified atom stereocenters. The van der Waals surface area contributed by atoms with Gasteiger partial charge in [0.25, 0.3) is 5.56 Å². The molecule has 1 aliphatic heterocycles. The molecule has 7 nitrogen and oxygen atoms in total. The van der Waals surface area contributed by atoms with Crippen molar-refractivity contribution >= 4 is 33.4 Å². The summed E-state index contributed by atoms with van der Waals surface area (Å²) in [6.45, 7) is 3.75. The molecule has 2 aromatic heterocycles. The highest BCUT2D eigenvalue weighted by Gasteiger charge is 2.21. The Hall–Kier alpha value is -2.22. The van der Waals surface area contributed by atoms with E-state index in [4.69, 9.17) is 4.74 Å². The lowest BCUT2D eigenvalue weighted by molar-refractivity contribution is -0.132. The molecule has 1 aliphatic rings. The molecule has 0 N–H and O–H groups in total. The van der Waals surface area contributed by atoms with Gasteiger partial charge in [-0.15, -0.1) is 11.3 Å². The van der Waals surface area contributed by atoms with Crippen LogP contribution in [0.4, 0.5) is 0 Å². The van der Waals surface area contributed by atoms with E-state index >= 15 is 0 Å². The van der Waals surface area contributed by atoms with Crippen LogP contribution in [-0.4, -0.2) is 46.0 Å². The van der Waals surface area contributed by atoms with Crippen molar-refractivity contribution in [3.8, 4) is 0 Å². The minimum atomic E-state index is -0.510. The average molecular weight is 377 g/mol. The smallest absolute Gasteiger partial charge is 0.339 e. The van der Waals surface area contributed by atoms with E-state index in [2.05, 4.69) is 4.98 Å². The van der Waals surface area contributed by atoms with E-state index in [0.29, 0.717) is 11.4 Å². The van der Waals surface area contributed by atoms with Crippen LogP contribution in [-0.2, 0) is 16.1 Å². The number of aromatic nitrogens is 2. The minimum Gasteiger partial charge on any atom is -0.462 e. The average Bonchev–Trinajstić information content (AvgIpc) is 3.10. The van der Waals surface area contributed by atoms with Crippen molar-refractivity contribution in [2.45, 2.75) is 45.6 Å². The van der Waals surface area contributed by atoms with Gasteiger partial charge < -0.3 is 9.64 Å². The van der Waals surface area contributed by atoms with Gasteiger partial charge in [-0.05, 0) is 25.7 Å². The van der Waals surface area contributed by atoms with Gasteiger partial charge in [-0.25, -0.2) is 9.78 Å². The lowest BCUT2D eigenvalue weighted by Gasteiger charge is -2.26. The Kier molecular flexibility index (Phi) is 6.03. The number of rotatable bonds is 6. The first-order valence-corrected chi connectivity index (χ1v) is 9.91. The predicted octanol–water partition coefficient (Wildman–Crippen LogP) is 2.43. The van der Waals surface area contributed by atoms with Gasteiger partial charge in [0, 0.05) is 18.5 Å². The molecule has 1 saturated heterocycles. The number of ether oxygens (including phenoxy) is 1. The first-order valence-electron chi connectivity index (χ1n) is 9.03. The molecule has 0 spiro atoms. The summed E-state index contributed by atoms with van der Waals surface area (Å²) in [7, 11) is 0. The van der Waals surface area contributed by atoms with Crippen molar-refractivity contribution in [2.75, 3.05) is 19.7 Å². The van der Waals surface area contributed by atoms with Crippen molar-refractivity contribution in [3.05, 3.63) is 27.6 Å². The Morgan fingerprint density at radius 3 is 2.77 bits per heavy atom. The Balaban J connectivity index is 1.82. The van der Waals surface area contributed by atoms with E-state index in [1.165, 1.54) is 22.2 Å². The Morgan fingerprint density at radius 1 is 1.27 bits per heavy atom.